The van der Waals surface area contributed by atoms with Gasteiger partial charge in [-0.3, -0.25) is 9.69 Å². The molecule has 0 spiro atoms. The highest BCUT2D eigenvalue weighted by molar-refractivity contribution is 5.98. The van der Waals surface area contributed by atoms with Gasteiger partial charge in [-0.15, -0.1) is 0 Å². The molecule has 0 saturated carbocycles. The summed E-state index contributed by atoms with van der Waals surface area (Å²) in [7, 11) is 1.59. The first-order chi connectivity index (χ1) is 14.0. The predicted molar refractivity (Wildman–Crippen MR) is 113 cm³/mol. The van der Waals surface area contributed by atoms with E-state index >= 15 is 0 Å². The summed E-state index contributed by atoms with van der Waals surface area (Å²) in [5.41, 5.74) is 1.55. The van der Waals surface area contributed by atoms with Crippen LogP contribution in [0.2, 0.25) is 0 Å². The fourth-order valence-electron chi connectivity index (χ4n) is 3.42. The molecular formula is C22H27N3O4. The third-order valence-electron chi connectivity index (χ3n) is 4.84. The normalized spacial score (nSPS) is 15.9. The molecule has 0 unspecified atom stereocenters. The molecule has 0 aliphatic carbocycles. The van der Waals surface area contributed by atoms with Crippen molar-refractivity contribution in [3.05, 3.63) is 48.5 Å². The van der Waals surface area contributed by atoms with Crippen molar-refractivity contribution in [2.75, 3.05) is 36.6 Å². The lowest BCUT2D eigenvalue weighted by Crippen LogP contribution is -2.46. The molecule has 1 N–H and O–H groups in total. The van der Waals surface area contributed by atoms with Gasteiger partial charge in [0.05, 0.1) is 19.8 Å². The summed E-state index contributed by atoms with van der Waals surface area (Å²) in [6, 6.07) is 14.3. The number of rotatable bonds is 7. The molecule has 1 atom stereocenters. The van der Waals surface area contributed by atoms with Crippen molar-refractivity contribution in [1.82, 2.24) is 5.32 Å². The van der Waals surface area contributed by atoms with Gasteiger partial charge in [-0.2, -0.15) is 0 Å². The highest BCUT2D eigenvalue weighted by atomic mass is 16.5. The van der Waals surface area contributed by atoms with Gasteiger partial charge in [-0.25, -0.2) is 4.79 Å². The molecule has 3 amide bonds. The summed E-state index contributed by atoms with van der Waals surface area (Å²) in [4.78, 5) is 28.6. The van der Waals surface area contributed by atoms with Gasteiger partial charge in [0.1, 0.15) is 11.5 Å². The van der Waals surface area contributed by atoms with E-state index in [2.05, 4.69) is 5.32 Å². The van der Waals surface area contributed by atoms with Crippen LogP contribution in [-0.4, -0.2) is 44.8 Å². The number of benzene rings is 2. The molecule has 3 rings (SSSR count). The Morgan fingerprint density at radius 2 is 1.93 bits per heavy atom. The number of nitrogens with zero attached hydrogens (tertiary/aromatic N) is 2. The molecule has 154 valence electrons. The largest absolute Gasteiger partial charge is 0.497 e. The number of nitrogens with one attached hydrogen (secondary N) is 1. The van der Waals surface area contributed by atoms with Crippen molar-refractivity contribution in [2.24, 2.45) is 0 Å². The number of hydrogen-bond acceptors (Lipinski definition) is 4. The number of hydrogen-bond donors (Lipinski definition) is 1. The zero-order chi connectivity index (χ0) is 20.8. The standard InChI is InChI=1S/C22H27N3O4/c1-4-24(17-9-11-19(12-10-17)29-5-2)22(27)23-16-13-21(26)25(15-16)18-7-6-8-20(14-18)28-3/h6-12,14,16H,4-5,13,15H2,1-3H3,(H,23,27)/t16-/m0/s1. The van der Waals surface area contributed by atoms with Crippen molar-refractivity contribution in [3.8, 4) is 11.5 Å². The van der Waals surface area contributed by atoms with Crippen LogP contribution in [0.3, 0.4) is 0 Å². The van der Waals surface area contributed by atoms with Crippen molar-refractivity contribution in [1.29, 1.82) is 0 Å². The Balaban J connectivity index is 1.65. The first-order valence-electron chi connectivity index (χ1n) is 9.81. The fourth-order valence-corrected chi connectivity index (χ4v) is 3.42. The molecule has 0 radical (unpaired) electrons. The predicted octanol–water partition coefficient (Wildman–Crippen LogP) is 3.44. The monoisotopic (exact) mass is 397 g/mol. The van der Waals surface area contributed by atoms with Gasteiger partial charge < -0.3 is 19.7 Å². The first kappa shape index (κ1) is 20.5. The number of carbonyl (C=O) groups is 2. The van der Waals surface area contributed by atoms with Crippen LogP contribution < -0.4 is 24.6 Å². The summed E-state index contributed by atoms with van der Waals surface area (Å²) in [6.07, 6.45) is 0.268. The van der Waals surface area contributed by atoms with Crippen LogP contribution >= 0.6 is 0 Å². The van der Waals surface area contributed by atoms with Gasteiger partial charge in [-0.05, 0) is 50.2 Å². The summed E-state index contributed by atoms with van der Waals surface area (Å²) in [6.45, 7) is 5.38. The Morgan fingerprint density at radius 3 is 2.59 bits per heavy atom. The molecule has 1 fully saturated rings. The molecule has 1 heterocycles. The van der Waals surface area contributed by atoms with Gasteiger partial charge in [0.2, 0.25) is 5.91 Å². The second-order valence-corrected chi connectivity index (χ2v) is 6.73. The lowest BCUT2D eigenvalue weighted by atomic mass is 10.2. The van der Waals surface area contributed by atoms with E-state index < -0.39 is 0 Å². The average Bonchev–Trinajstić information content (AvgIpc) is 3.10. The van der Waals surface area contributed by atoms with Crippen LogP contribution in [0.4, 0.5) is 16.2 Å². The average molecular weight is 397 g/mol. The number of amides is 3. The lowest BCUT2D eigenvalue weighted by molar-refractivity contribution is -0.117. The summed E-state index contributed by atoms with van der Waals surface area (Å²) in [5, 5.41) is 2.99. The van der Waals surface area contributed by atoms with Crippen LogP contribution in [-0.2, 0) is 4.79 Å². The fraction of sp³-hybridized carbons (Fsp3) is 0.364. The number of anilines is 2. The number of urea groups is 1. The maximum Gasteiger partial charge on any atom is 0.322 e. The van der Waals surface area contributed by atoms with E-state index in [1.807, 2.05) is 62.4 Å². The second-order valence-electron chi connectivity index (χ2n) is 6.73. The quantitative estimate of drug-likeness (QED) is 0.777. The molecule has 0 aromatic heterocycles. The molecular weight excluding hydrogens is 370 g/mol. The minimum atomic E-state index is -0.252. The van der Waals surface area contributed by atoms with Gasteiger partial charge in [0, 0.05) is 37.0 Å². The van der Waals surface area contributed by atoms with E-state index in [1.54, 1.807) is 16.9 Å². The van der Waals surface area contributed by atoms with Crippen molar-refractivity contribution >= 4 is 23.3 Å². The number of carbonyl (C=O) groups excluding carboxylic acids is 2. The molecule has 7 heteroatoms. The molecule has 2 aromatic rings. The van der Waals surface area contributed by atoms with Crippen molar-refractivity contribution in [3.63, 3.8) is 0 Å². The molecule has 1 aliphatic rings. The Morgan fingerprint density at radius 1 is 1.17 bits per heavy atom. The molecule has 7 nitrogen and oxygen atoms in total. The Labute approximate surface area is 171 Å². The summed E-state index contributed by atoms with van der Waals surface area (Å²) in [5.74, 6) is 1.44. The van der Waals surface area contributed by atoms with E-state index in [1.165, 1.54) is 0 Å². The lowest BCUT2D eigenvalue weighted by Gasteiger charge is -2.24. The SMILES string of the molecule is CCOc1ccc(N(CC)C(=O)N[C@H]2CC(=O)N(c3cccc(OC)c3)C2)cc1. The second kappa shape index (κ2) is 9.32. The third kappa shape index (κ3) is 4.80. The van der Waals surface area contributed by atoms with Gasteiger partial charge in [-0.1, -0.05) is 6.07 Å². The van der Waals surface area contributed by atoms with Crippen LogP contribution in [0.25, 0.3) is 0 Å². The van der Waals surface area contributed by atoms with Crippen LogP contribution in [0.15, 0.2) is 48.5 Å². The van der Waals surface area contributed by atoms with Gasteiger partial charge in [0.15, 0.2) is 0 Å². The first-order valence-corrected chi connectivity index (χ1v) is 9.81. The zero-order valence-electron chi connectivity index (χ0n) is 17.1. The third-order valence-corrected chi connectivity index (χ3v) is 4.84. The molecule has 0 bridgehead atoms. The van der Waals surface area contributed by atoms with Crippen LogP contribution in [0.1, 0.15) is 20.3 Å². The molecule has 29 heavy (non-hydrogen) atoms. The Hall–Kier alpha value is -3.22. The van der Waals surface area contributed by atoms with E-state index in [0.717, 1.165) is 17.1 Å². The van der Waals surface area contributed by atoms with Crippen LogP contribution in [0, 0.1) is 0 Å². The maximum atomic E-state index is 12.8. The summed E-state index contributed by atoms with van der Waals surface area (Å²) >= 11 is 0. The topological polar surface area (TPSA) is 71.1 Å². The molecule has 2 aromatic carbocycles. The van der Waals surface area contributed by atoms with Crippen molar-refractivity contribution < 1.29 is 19.1 Å². The van der Waals surface area contributed by atoms with Gasteiger partial charge in [0.25, 0.3) is 0 Å². The number of ether oxygens (including phenoxy) is 2. The van der Waals surface area contributed by atoms with E-state index in [0.29, 0.717) is 25.4 Å². The van der Waals surface area contributed by atoms with E-state index in [9.17, 15) is 9.59 Å². The number of methoxy groups -OCH3 is 1. The maximum absolute atomic E-state index is 12.8. The summed E-state index contributed by atoms with van der Waals surface area (Å²) < 4.78 is 10.7. The Kier molecular flexibility index (Phi) is 6.59. The highest BCUT2D eigenvalue weighted by Gasteiger charge is 2.32. The van der Waals surface area contributed by atoms with Gasteiger partial charge >= 0.3 is 6.03 Å². The molecule has 1 aliphatic heterocycles. The minimum Gasteiger partial charge on any atom is -0.497 e. The Bertz CT molecular complexity index is 853. The minimum absolute atomic E-state index is 0.0207. The smallest absolute Gasteiger partial charge is 0.322 e. The zero-order valence-corrected chi connectivity index (χ0v) is 17.1. The van der Waals surface area contributed by atoms with E-state index in [4.69, 9.17) is 9.47 Å². The van der Waals surface area contributed by atoms with Crippen molar-refractivity contribution in [2.45, 2.75) is 26.3 Å². The van der Waals surface area contributed by atoms with E-state index in [-0.39, 0.29) is 24.4 Å². The molecule has 1 saturated heterocycles. The van der Waals surface area contributed by atoms with Crippen LogP contribution in [0.5, 0.6) is 11.5 Å². The highest BCUT2D eigenvalue weighted by Crippen LogP contribution is 2.26.